The Labute approximate surface area is 191 Å². The van der Waals surface area contributed by atoms with Gasteiger partial charge in [-0.2, -0.15) is 0 Å². The smallest absolute Gasteiger partial charge is 0.266 e. The van der Waals surface area contributed by atoms with Crippen molar-refractivity contribution in [1.29, 1.82) is 0 Å². The number of fused-ring (bicyclic) bond motifs is 1. The third-order valence-electron chi connectivity index (χ3n) is 5.08. The summed E-state index contributed by atoms with van der Waals surface area (Å²) in [5.74, 6) is 0.547. The Kier molecular flexibility index (Phi) is 7.28. The highest BCUT2D eigenvalue weighted by Crippen LogP contribution is 2.31. The predicted octanol–water partition coefficient (Wildman–Crippen LogP) is 4.71. The molecule has 1 aromatic heterocycles. The van der Waals surface area contributed by atoms with Crippen LogP contribution in [0.3, 0.4) is 0 Å². The summed E-state index contributed by atoms with van der Waals surface area (Å²) >= 11 is 7.40. The van der Waals surface area contributed by atoms with Gasteiger partial charge >= 0.3 is 0 Å². The largest absolute Gasteiger partial charge is 0.495 e. The quantitative estimate of drug-likeness (QED) is 0.378. The second-order valence-corrected chi connectivity index (χ2v) is 8.89. The van der Waals surface area contributed by atoms with Crippen LogP contribution in [0.15, 0.2) is 46.3 Å². The minimum Gasteiger partial charge on any atom is -0.495 e. The molecule has 0 spiro atoms. The van der Waals surface area contributed by atoms with Crippen LogP contribution in [0.5, 0.6) is 5.75 Å². The van der Waals surface area contributed by atoms with Gasteiger partial charge in [0.1, 0.15) is 5.75 Å². The van der Waals surface area contributed by atoms with Crippen molar-refractivity contribution in [3.05, 3.63) is 57.3 Å². The number of hydrogen-bond acceptors (Lipinski definition) is 5. The first-order valence-electron chi connectivity index (χ1n) is 10.1. The molecule has 31 heavy (non-hydrogen) atoms. The zero-order valence-corrected chi connectivity index (χ0v) is 19.9. The summed E-state index contributed by atoms with van der Waals surface area (Å²) in [4.78, 5) is 32.9. The first-order chi connectivity index (χ1) is 14.8. The van der Waals surface area contributed by atoms with Gasteiger partial charge in [-0.15, -0.1) is 0 Å². The molecule has 0 saturated carbocycles. The molecule has 1 atom stereocenters. The molecule has 0 radical (unpaired) electrons. The van der Waals surface area contributed by atoms with Crippen LogP contribution in [0.4, 0.5) is 0 Å². The van der Waals surface area contributed by atoms with Crippen molar-refractivity contribution in [2.45, 2.75) is 38.1 Å². The molecular formula is C23H26ClN3O3S. The monoisotopic (exact) mass is 459 g/mol. The van der Waals surface area contributed by atoms with Gasteiger partial charge in [0.05, 0.1) is 29.0 Å². The van der Waals surface area contributed by atoms with Crippen molar-refractivity contribution in [2.75, 3.05) is 20.2 Å². The van der Waals surface area contributed by atoms with Gasteiger partial charge in [-0.3, -0.25) is 14.2 Å². The van der Waals surface area contributed by atoms with Crippen LogP contribution in [0.1, 0.15) is 26.3 Å². The first-order valence-corrected chi connectivity index (χ1v) is 11.4. The second-order valence-electron chi connectivity index (χ2n) is 7.14. The van der Waals surface area contributed by atoms with Crippen LogP contribution in [-0.4, -0.2) is 45.8 Å². The second kappa shape index (κ2) is 9.75. The van der Waals surface area contributed by atoms with E-state index in [-0.39, 0.29) is 11.5 Å². The number of benzene rings is 2. The number of rotatable bonds is 7. The molecule has 0 aliphatic rings. The van der Waals surface area contributed by atoms with Crippen LogP contribution in [0, 0.1) is 6.92 Å². The van der Waals surface area contributed by atoms with Crippen molar-refractivity contribution < 1.29 is 9.53 Å². The Morgan fingerprint density at radius 1 is 1.23 bits per heavy atom. The van der Waals surface area contributed by atoms with Gasteiger partial charge in [-0.1, -0.05) is 29.4 Å². The van der Waals surface area contributed by atoms with Gasteiger partial charge in [0.15, 0.2) is 5.16 Å². The summed E-state index contributed by atoms with van der Waals surface area (Å²) in [5.41, 5.74) is 1.81. The van der Waals surface area contributed by atoms with E-state index in [1.54, 1.807) is 30.2 Å². The molecule has 3 rings (SSSR count). The Hall–Kier alpha value is -2.51. The molecule has 1 heterocycles. The standard InChI is InChI=1S/C23H26ClN3O3S/c1-6-26(7-2)21(28)15(4)31-23-25-18-13-16(24)9-10-17(18)22(29)27(23)19-12-14(3)8-11-20(19)30-5/h8-13,15H,6-7H2,1-5H3. The average molecular weight is 460 g/mol. The maximum atomic E-state index is 13.6. The molecule has 0 fully saturated rings. The van der Waals surface area contributed by atoms with Gasteiger partial charge in [0, 0.05) is 18.1 Å². The number of carbonyl (C=O) groups excluding carboxylic acids is 1. The first kappa shape index (κ1) is 23.2. The van der Waals surface area contributed by atoms with Gasteiger partial charge in [0.25, 0.3) is 5.56 Å². The molecule has 2 aromatic carbocycles. The van der Waals surface area contributed by atoms with Gasteiger partial charge in [-0.05, 0) is 63.6 Å². The number of carbonyl (C=O) groups is 1. The third kappa shape index (κ3) is 4.72. The summed E-state index contributed by atoms with van der Waals surface area (Å²) in [7, 11) is 1.56. The van der Waals surface area contributed by atoms with E-state index in [0.29, 0.717) is 45.6 Å². The van der Waals surface area contributed by atoms with Crippen molar-refractivity contribution in [3.8, 4) is 11.4 Å². The SMILES string of the molecule is CCN(CC)C(=O)C(C)Sc1nc2cc(Cl)ccc2c(=O)n1-c1cc(C)ccc1OC. The zero-order valence-electron chi connectivity index (χ0n) is 18.3. The highest BCUT2D eigenvalue weighted by atomic mass is 35.5. The number of nitrogens with zero attached hydrogens (tertiary/aromatic N) is 3. The average Bonchev–Trinajstić information content (AvgIpc) is 2.74. The lowest BCUT2D eigenvalue weighted by molar-refractivity contribution is -0.129. The highest BCUT2D eigenvalue weighted by molar-refractivity contribution is 8.00. The number of hydrogen-bond donors (Lipinski definition) is 0. The zero-order chi connectivity index (χ0) is 22.7. The molecule has 164 valence electrons. The van der Waals surface area contributed by atoms with Crippen LogP contribution in [0.2, 0.25) is 5.02 Å². The number of aryl methyl sites for hydroxylation is 1. The molecule has 0 saturated heterocycles. The number of ether oxygens (including phenoxy) is 1. The van der Waals surface area contributed by atoms with Crippen LogP contribution in [0.25, 0.3) is 16.6 Å². The lowest BCUT2D eigenvalue weighted by Crippen LogP contribution is -2.36. The summed E-state index contributed by atoms with van der Waals surface area (Å²) in [5, 5.41) is 0.927. The van der Waals surface area contributed by atoms with Crippen molar-refractivity contribution in [2.24, 2.45) is 0 Å². The van der Waals surface area contributed by atoms with Gasteiger partial charge in [0.2, 0.25) is 5.91 Å². The molecule has 0 aliphatic heterocycles. The molecular weight excluding hydrogens is 434 g/mol. The lowest BCUT2D eigenvalue weighted by atomic mass is 10.2. The molecule has 1 unspecified atom stereocenters. The molecule has 1 amide bonds. The van der Waals surface area contributed by atoms with Crippen molar-refractivity contribution in [1.82, 2.24) is 14.5 Å². The van der Waals surface area contributed by atoms with E-state index in [9.17, 15) is 9.59 Å². The maximum Gasteiger partial charge on any atom is 0.266 e. The minimum atomic E-state index is -0.425. The van der Waals surface area contributed by atoms with Crippen LogP contribution in [-0.2, 0) is 4.79 Å². The van der Waals surface area contributed by atoms with E-state index < -0.39 is 5.25 Å². The summed E-state index contributed by atoms with van der Waals surface area (Å²) in [6.07, 6.45) is 0. The third-order valence-corrected chi connectivity index (χ3v) is 6.36. The topological polar surface area (TPSA) is 64.4 Å². The summed E-state index contributed by atoms with van der Waals surface area (Å²) < 4.78 is 7.05. The number of aromatic nitrogens is 2. The molecule has 3 aromatic rings. The van der Waals surface area contributed by atoms with E-state index in [0.717, 1.165) is 5.56 Å². The molecule has 6 nitrogen and oxygen atoms in total. The van der Waals surface area contributed by atoms with E-state index >= 15 is 0 Å². The van der Waals surface area contributed by atoms with E-state index in [1.807, 2.05) is 45.9 Å². The number of halogens is 1. The Morgan fingerprint density at radius 2 is 1.94 bits per heavy atom. The minimum absolute atomic E-state index is 0.00167. The lowest BCUT2D eigenvalue weighted by Gasteiger charge is -2.23. The van der Waals surface area contributed by atoms with Gasteiger partial charge < -0.3 is 9.64 Å². The fourth-order valence-corrected chi connectivity index (χ4v) is 4.58. The van der Waals surface area contributed by atoms with E-state index in [4.69, 9.17) is 21.3 Å². The fraction of sp³-hybridized carbons (Fsp3) is 0.348. The van der Waals surface area contributed by atoms with Crippen molar-refractivity contribution in [3.63, 3.8) is 0 Å². The number of amides is 1. The molecule has 0 N–H and O–H groups in total. The molecule has 8 heteroatoms. The fourth-order valence-electron chi connectivity index (χ4n) is 3.41. The summed E-state index contributed by atoms with van der Waals surface area (Å²) in [6.45, 7) is 8.92. The molecule has 0 bridgehead atoms. The Morgan fingerprint density at radius 3 is 2.58 bits per heavy atom. The summed E-state index contributed by atoms with van der Waals surface area (Å²) in [6, 6.07) is 10.6. The van der Waals surface area contributed by atoms with E-state index in [1.165, 1.54) is 16.3 Å². The molecule has 0 aliphatic carbocycles. The Bertz CT molecular complexity index is 1170. The highest BCUT2D eigenvalue weighted by Gasteiger charge is 2.24. The van der Waals surface area contributed by atoms with Crippen LogP contribution < -0.4 is 10.3 Å². The number of thioether (sulfide) groups is 1. The van der Waals surface area contributed by atoms with E-state index in [2.05, 4.69) is 0 Å². The maximum absolute atomic E-state index is 13.6. The van der Waals surface area contributed by atoms with Gasteiger partial charge in [-0.25, -0.2) is 4.98 Å². The van der Waals surface area contributed by atoms with Crippen LogP contribution >= 0.6 is 23.4 Å². The Balaban J connectivity index is 2.24. The predicted molar refractivity (Wildman–Crippen MR) is 127 cm³/mol. The normalized spacial score (nSPS) is 12.1. The number of methoxy groups -OCH3 is 1. The van der Waals surface area contributed by atoms with Crippen molar-refractivity contribution >= 4 is 40.2 Å².